The van der Waals surface area contributed by atoms with E-state index in [-0.39, 0.29) is 0 Å². The average molecular weight is 333 g/mol. The predicted octanol–water partition coefficient (Wildman–Crippen LogP) is 2.47. The first-order valence-electron chi connectivity index (χ1n) is 7.28. The van der Waals surface area contributed by atoms with Crippen molar-refractivity contribution in [2.24, 2.45) is 22.5 Å². The van der Waals surface area contributed by atoms with Crippen LogP contribution in [0.5, 0.6) is 0 Å². The fraction of sp³-hybridized carbons (Fsp3) is 0.400. The molecule has 8 heteroatoms. The Bertz CT molecular complexity index is 731. The van der Waals surface area contributed by atoms with E-state index in [2.05, 4.69) is 15.4 Å². The minimum atomic E-state index is 0.297. The van der Waals surface area contributed by atoms with Crippen LogP contribution in [0, 0.1) is 0 Å². The lowest BCUT2D eigenvalue weighted by Gasteiger charge is -2.02. The maximum absolute atomic E-state index is 5.55. The number of imidazole rings is 1. The molecule has 1 aromatic carbocycles. The fourth-order valence-corrected chi connectivity index (χ4v) is 2.46. The molecule has 0 amide bonds. The van der Waals surface area contributed by atoms with Gasteiger partial charge in [0, 0.05) is 25.7 Å². The van der Waals surface area contributed by atoms with Crippen molar-refractivity contribution in [2.75, 3.05) is 19.5 Å². The van der Waals surface area contributed by atoms with Crippen LogP contribution in [-0.4, -0.2) is 34.1 Å². The van der Waals surface area contributed by atoms with Gasteiger partial charge in [0.25, 0.3) is 0 Å². The lowest BCUT2D eigenvalue weighted by Crippen LogP contribution is -2.19. The van der Waals surface area contributed by atoms with Gasteiger partial charge in [-0.15, -0.1) is 5.11 Å². The summed E-state index contributed by atoms with van der Waals surface area (Å²) in [6.45, 7) is 2.06. The van der Waals surface area contributed by atoms with Crippen molar-refractivity contribution in [1.29, 1.82) is 0 Å². The molecule has 1 aliphatic heterocycles. The molecule has 0 N–H and O–H groups in total. The molecule has 2 aromatic rings. The zero-order valence-electron chi connectivity index (χ0n) is 13.1. The SMILES string of the molecule is CSn1ccn(C)/c1=N\N=Nc1ccc(COCC2CO2)cc1. The molecule has 1 aliphatic rings. The van der Waals surface area contributed by atoms with Gasteiger partial charge in [-0.3, -0.25) is 3.97 Å². The molecule has 0 aliphatic carbocycles. The Balaban J connectivity index is 1.59. The third-order valence-corrected chi connectivity index (χ3v) is 4.02. The Morgan fingerprint density at radius 2 is 2.09 bits per heavy atom. The standard InChI is InChI=1S/C15H19N5O2S/c1-19-7-8-20(23-2)15(19)17-18-16-13-5-3-12(4-6-13)9-21-10-14-11-22-14/h3-8,14H,9-11H2,1-2H3/b17-15+,18-16?. The van der Waals surface area contributed by atoms with E-state index in [1.807, 2.05) is 58.5 Å². The maximum atomic E-state index is 5.55. The number of hydrogen-bond donors (Lipinski definition) is 0. The first-order valence-corrected chi connectivity index (χ1v) is 8.46. The molecule has 0 radical (unpaired) electrons. The summed E-state index contributed by atoms with van der Waals surface area (Å²) < 4.78 is 14.5. The van der Waals surface area contributed by atoms with E-state index in [0.29, 0.717) is 19.3 Å². The van der Waals surface area contributed by atoms with Crippen LogP contribution in [0.25, 0.3) is 0 Å². The number of epoxide rings is 1. The van der Waals surface area contributed by atoms with Gasteiger partial charge in [-0.05, 0) is 34.9 Å². The lowest BCUT2D eigenvalue weighted by atomic mass is 10.2. The summed E-state index contributed by atoms with van der Waals surface area (Å²) in [6, 6.07) is 7.76. The molecule has 2 heterocycles. The van der Waals surface area contributed by atoms with Crippen LogP contribution in [0.1, 0.15) is 5.56 Å². The van der Waals surface area contributed by atoms with Gasteiger partial charge in [-0.2, -0.15) is 0 Å². The molecular weight excluding hydrogens is 314 g/mol. The molecule has 1 atom stereocenters. The molecule has 0 bridgehead atoms. The molecule has 23 heavy (non-hydrogen) atoms. The van der Waals surface area contributed by atoms with Crippen LogP contribution in [0.15, 0.2) is 52.1 Å². The van der Waals surface area contributed by atoms with Crippen molar-refractivity contribution >= 4 is 17.6 Å². The van der Waals surface area contributed by atoms with E-state index in [0.717, 1.165) is 23.5 Å². The van der Waals surface area contributed by atoms with Gasteiger partial charge in [0.2, 0.25) is 5.62 Å². The topological polar surface area (TPSA) is 68.7 Å². The number of benzene rings is 1. The molecule has 122 valence electrons. The first-order chi connectivity index (χ1) is 11.3. The second kappa shape index (κ2) is 7.58. The van der Waals surface area contributed by atoms with Crippen molar-refractivity contribution in [2.45, 2.75) is 12.7 Å². The summed E-state index contributed by atoms with van der Waals surface area (Å²) >= 11 is 1.56. The van der Waals surface area contributed by atoms with Crippen molar-refractivity contribution in [3.8, 4) is 0 Å². The molecule has 0 saturated carbocycles. The number of ether oxygens (including phenoxy) is 2. The van der Waals surface area contributed by atoms with E-state index < -0.39 is 0 Å². The van der Waals surface area contributed by atoms with Gasteiger partial charge in [-0.1, -0.05) is 17.2 Å². The number of hydrogen-bond acceptors (Lipinski definition) is 5. The normalized spacial score (nSPS) is 18.0. The first kappa shape index (κ1) is 16.0. The Labute approximate surface area is 138 Å². The number of rotatable bonds is 7. The van der Waals surface area contributed by atoms with Gasteiger partial charge in [0.05, 0.1) is 25.5 Å². The highest BCUT2D eigenvalue weighted by molar-refractivity contribution is 7.97. The van der Waals surface area contributed by atoms with Gasteiger partial charge in [-0.25, -0.2) is 0 Å². The maximum Gasteiger partial charge on any atom is 0.241 e. The molecule has 7 nitrogen and oxygen atoms in total. The monoisotopic (exact) mass is 333 g/mol. The van der Waals surface area contributed by atoms with Gasteiger partial charge < -0.3 is 14.0 Å². The van der Waals surface area contributed by atoms with Gasteiger partial charge in [0.15, 0.2) is 0 Å². The zero-order chi connectivity index (χ0) is 16.1. The van der Waals surface area contributed by atoms with E-state index in [4.69, 9.17) is 9.47 Å². The summed E-state index contributed by atoms with van der Waals surface area (Å²) in [6.07, 6.45) is 6.13. The molecule has 1 unspecified atom stereocenters. The minimum Gasteiger partial charge on any atom is -0.374 e. The number of aromatic nitrogens is 2. The second-order valence-corrected chi connectivity index (χ2v) is 5.90. The van der Waals surface area contributed by atoms with Gasteiger partial charge in [0.1, 0.15) is 6.10 Å². The van der Waals surface area contributed by atoms with E-state index >= 15 is 0 Å². The lowest BCUT2D eigenvalue weighted by molar-refractivity contribution is 0.104. The highest BCUT2D eigenvalue weighted by atomic mass is 32.2. The summed E-state index contributed by atoms with van der Waals surface area (Å²) in [4.78, 5) is 0. The Kier molecular flexibility index (Phi) is 5.27. The quantitative estimate of drug-likeness (QED) is 0.444. The Hall–Kier alpha value is -1.90. The number of aryl methyl sites for hydroxylation is 1. The van der Waals surface area contributed by atoms with E-state index in [1.54, 1.807) is 11.9 Å². The van der Waals surface area contributed by atoms with E-state index in [9.17, 15) is 0 Å². The zero-order valence-corrected chi connectivity index (χ0v) is 13.9. The second-order valence-electron chi connectivity index (χ2n) is 5.14. The fourth-order valence-electron chi connectivity index (χ4n) is 1.95. The molecule has 1 fully saturated rings. The highest BCUT2D eigenvalue weighted by Crippen LogP contribution is 2.15. The summed E-state index contributed by atoms with van der Waals surface area (Å²) in [7, 11) is 1.92. The molecule has 1 aromatic heterocycles. The largest absolute Gasteiger partial charge is 0.374 e. The van der Waals surface area contributed by atoms with Crippen LogP contribution >= 0.6 is 11.9 Å². The van der Waals surface area contributed by atoms with Crippen LogP contribution in [0.3, 0.4) is 0 Å². The summed E-state index contributed by atoms with van der Waals surface area (Å²) in [5.74, 6) is 0. The van der Waals surface area contributed by atoms with Crippen molar-refractivity contribution in [3.63, 3.8) is 0 Å². The van der Waals surface area contributed by atoms with Crippen LogP contribution in [0.2, 0.25) is 0 Å². The molecular formula is C15H19N5O2S. The molecule has 3 rings (SSSR count). The van der Waals surface area contributed by atoms with Crippen molar-refractivity contribution in [3.05, 3.63) is 47.8 Å². The Morgan fingerprint density at radius 3 is 2.78 bits per heavy atom. The molecule has 1 saturated heterocycles. The summed E-state index contributed by atoms with van der Waals surface area (Å²) in [5, 5.41) is 12.2. The predicted molar refractivity (Wildman–Crippen MR) is 88.2 cm³/mol. The highest BCUT2D eigenvalue weighted by Gasteiger charge is 2.22. The third-order valence-electron chi connectivity index (χ3n) is 3.34. The van der Waals surface area contributed by atoms with Crippen LogP contribution in [0.4, 0.5) is 5.69 Å². The van der Waals surface area contributed by atoms with Crippen molar-refractivity contribution in [1.82, 2.24) is 8.54 Å². The third kappa shape index (κ3) is 4.54. The summed E-state index contributed by atoms with van der Waals surface area (Å²) in [5.41, 5.74) is 2.59. The molecule has 0 spiro atoms. The van der Waals surface area contributed by atoms with Crippen LogP contribution < -0.4 is 5.62 Å². The van der Waals surface area contributed by atoms with Crippen LogP contribution in [-0.2, 0) is 23.1 Å². The van der Waals surface area contributed by atoms with Crippen molar-refractivity contribution < 1.29 is 9.47 Å². The minimum absolute atomic E-state index is 0.297. The average Bonchev–Trinajstić information content (AvgIpc) is 3.32. The van der Waals surface area contributed by atoms with E-state index in [1.165, 1.54) is 0 Å². The van der Waals surface area contributed by atoms with Gasteiger partial charge >= 0.3 is 0 Å². The smallest absolute Gasteiger partial charge is 0.241 e. The number of nitrogens with zero attached hydrogens (tertiary/aromatic N) is 5. The Morgan fingerprint density at radius 1 is 1.30 bits per heavy atom.